The molecule has 0 N–H and O–H groups in total. The minimum atomic E-state index is -4.41. The Morgan fingerprint density at radius 1 is 1.25 bits per heavy atom. The largest absolute Gasteiger partial charge is 0.416 e. The molecule has 1 amide bonds. The van der Waals surface area contributed by atoms with E-state index in [0.29, 0.717) is 11.8 Å². The molecule has 0 atom stereocenters. The molecule has 0 aliphatic heterocycles. The normalized spacial score (nSPS) is 10.7. The lowest BCUT2D eigenvalue weighted by Gasteiger charge is -2.06. The molecule has 1 aromatic carbocycles. The third-order valence-electron chi connectivity index (χ3n) is 1.52. The zero-order chi connectivity index (χ0) is 12.2. The van der Waals surface area contributed by atoms with Gasteiger partial charge >= 0.3 is 11.4 Å². The summed E-state index contributed by atoms with van der Waals surface area (Å²) in [6.07, 6.45) is -3.36. The summed E-state index contributed by atoms with van der Waals surface area (Å²) in [7, 11) is 0. The van der Waals surface area contributed by atoms with Crippen molar-refractivity contribution in [2.24, 2.45) is 4.99 Å². The monoisotopic (exact) mass is 247 g/mol. The van der Waals surface area contributed by atoms with Gasteiger partial charge < -0.3 is 0 Å². The van der Waals surface area contributed by atoms with E-state index in [2.05, 4.69) is 4.99 Å². The molecular weight excluding hydrogens is 243 g/mol. The van der Waals surface area contributed by atoms with Crippen LogP contribution in [0.5, 0.6) is 0 Å². The summed E-state index contributed by atoms with van der Waals surface area (Å²) >= 11 is 0.552. The lowest BCUT2D eigenvalue weighted by atomic mass is 10.2. The molecule has 0 fully saturated rings. The van der Waals surface area contributed by atoms with Crippen LogP contribution >= 0.6 is 11.8 Å². The van der Waals surface area contributed by atoms with Crippen LogP contribution in [-0.4, -0.2) is 11.3 Å². The Morgan fingerprint density at radius 2 is 1.81 bits per heavy atom. The Bertz CT molecular complexity index is 435. The van der Waals surface area contributed by atoms with E-state index in [4.69, 9.17) is 0 Å². The predicted octanol–water partition coefficient (Wildman–Crippen LogP) is 3.25. The van der Waals surface area contributed by atoms with Crippen LogP contribution in [0.3, 0.4) is 0 Å². The fourth-order valence-electron chi connectivity index (χ4n) is 0.873. The highest BCUT2D eigenvalue weighted by Gasteiger charge is 2.29. The van der Waals surface area contributed by atoms with E-state index in [9.17, 15) is 22.8 Å². The molecule has 16 heavy (non-hydrogen) atoms. The molecule has 0 saturated carbocycles. The maximum absolute atomic E-state index is 12.2. The number of alkyl halides is 3. The molecule has 0 aromatic heterocycles. The Morgan fingerprint density at radius 3 is 2.25 bits per heavy atom. The van der Waals surface area contributed by atoms with Crippen molar-refractivity contribution in [2.45, 2.75) is 11.1 Å². The first-order chi connectivity index (χ1) is 7.43. The fourth-order valence-corrected chi connectivity index (χ4v) is 1.43. The number of nitrogens with zero attached hydrogens (tertiary/aromatic N) is 1. The van der Waals surface area contributed by atoms with Crippen LogP contribution in [0.2, 0.25) is 0 Å². The Labute approximate surface area is 92.4 Å². The first-order valence-electron chi connectivity index (χ1n) is 3.90. The Kier molecular flexibility index (Phi) is 3.87. The number of amides is 1. The van der Waals surface area contributed by atoms with Gasteiger partial charge in [-0.15, -0.1) is 4.99 Å². The third-order valence-corrected chi connectivity index (χ3v) is 2.30. The summed E-state index contributed by atoms with van der Waals surface area (Å²) in [4.78, 5) is 23.6. The van der Waals surface area contributed by atoms with Crippen molar-refractivity contribution in [3.05, 3.63) is 29.8 Å². The van der Waals surface area contributed by atoms with E-state index < -0.39 is 17.0 Å². The Balaban J connectivity index is 2.80. The first kappa shape index (κ1) is 12.5. The van der Waals surface area contributed by atoms with Crippen molar-refractivity contribution in [3.8, 4) is 0 Å². The van der Waals surface area contributed by atoms with E-state index in [0.717, 1.165) is 30.3 Å². The van der Waals surface area contributed by atoms with E-state index in [1.54, 1.807) is 0 Å². The number of halogens is 3. The van der Waals surface area contributed by atoms with Crippen molar-refractivity contribution in [3.63, 3.8) is 0 Å². The fraction of sp³-hybridized carbons (Fsp3) is 0.111. The smallest absolute Gasteiger partial charge is 0.258 e. The third kappa shape index (κ3) is 3.52. The van der Waals surface area contributed by atoms with Gasteiger partial charge in [0.25, 0.3) is 0 Å². The van der Waals surface area contributed by atoms with Gasteiger partial charge in [-0.05, 0) is 36.0 Å². The molecule has 1 aromatic rings. The standard InChI is InChI=1S/C9H4F3NO2S/c10-9(11,12)6-1-3-7(4-2-6)16-8(15)13-5-14/h1-4H. The minimum Gasteiger partial charge on any atom is -0.258 e. The van der Waals surface area contributed by atoms with Crippen LogP contribution in [0.25, 0.3) is 0 Å². The van der Waals surface area contributed by atoms with Crippen LogP contribution in [0.4, 0.5) is 18.0 Å². The van der Waals surface area contributed by atoms with Gasteiger partial charge in [0.05, 0.1) is 5.56 Å². The van der Waals surface area contributed by atoms with Gasteiger partial charge in [0, 0.05) is 4.90 Å². The quantitative estimate of drug-likeness (QED) is 0.434. The summed E-state index contributed by atoms with van der Waals surface area (Å²) in [5, 5.41) is -0.824. The molecular formula is C9H4F3NO2S. The number of isocyanates is 1. The number of rotatable bonds is 1. The van der Waals surface area contributed by atoms with Crippen molar-refractivity contribution in [1.29, 1.82) is 0 Å². The van der Waals surface area contributed by atoms with Crippen molar-refractivity contribution in [2.75, 3.05) is 0 Å². The van der Waals surface area contributed by atoms with E-state index in [1.165, 1.54) is 0 Å². The number of thioether (sulfide) groups is 1. The first-order valence-corrected chi connectivity index (χ1v) is 4.72. The zero-order valence-corrected chi connectivity index (χ0v) is 8.43. The van der Waals surface area contributed by atoms with Crippen LogP contribution in [-0.2, 0) is 11.0 Å². The van der Waals surface area contributed by atoms with Gasteiger partial charge in [0.2, 0.25) is 6.08 Å². The molecule has 7 heteroatoms. The highest BCUT2D eigenvalue weighted by molar-refractivity contribution is 8.13. The van der Waals surface area contributed by atoms with E-state index in [-0.39, 0.29) is 4.90 Å². The molecule has 84 valence electrons. The molecule has 0 unspecified atom stereocenters. The van der Waals surface area contributed by atoms with Crippen LogP contribution in [0.15, 0.2) is 34.2 Å². The van der Waals surface area contributed by atoms with Gasteiger partial charge in [-0.25, -0.2) is 4.79 Å². The molecule has 0 saturated heterocycles. The predicted molar refractivity (Wildman–Crippen MR) is 50.8 cm³/mol. The second kappa shape index (κ2) is 4.96. The SMILES string of the molecule is O=C=NC(=O)Sc1ccc(C(F)(F)F)cc1. The van der Waals surface area contributed by atoms with Gasteiger partial charge in [-0.3, -0.25) is 4.79 Å². The van der Waals surface area contributed by atoms with Crippen LogP contribution in [0, 0.1) is 0 Å². The zero-order valence-electron chi connectivity index (χ0n) is 7.62. The number of benzene rings is 1. The summed E-state index contributed by atoms with van der Waals surface area (Å²) < 4.78 is 36.5. The summed E-state index contributed by atoms with van der Waals surface area (Å²) in [6, 6.07) is 3.96. The number of hydrogen-bond acceptors (Lipinski definition) is 3. The number of carbonyl (C=O) groups excluding carboxylic acids is 2. The van der Waals surface area contributed by atoms with Crippen molar-refractivity contribution >= 4 is 23.1 Å². The van der Waals surface area contributed by atoms with Crippen LogP contribution in [0.1, 0.15) is 5.56 Å². The highest BCUT2D eigenvalue weighted by atomic mass is 32.2. The van der Waals surface area contributed by atoms with Gasteiger partial charge in [-0.2, -0.15) is 13.2 Å². The van der Waals surface area contributed by atoms with Crippen molar-refractivity contribution < 1.29 is 22.8 Å². The molecule has 0 spiro atoms. The molecule has 1 rings (SSSR count). The maximum Gasteiger partial charge on any atom is 0.416 e. The lowest BCUT2D eigenvalue weighted by Crippen LogP contribution is -2.03. The highest BCUT2D eigenvalue weighted by Crippen LogP contribution is 2.30. The summed E-state index contributed by atoms with van der Waals surface area (Å²) in [5.74, 6) is 0. The topological polar surface area (TPSA) is 46.5 Å². The molecule has 0 aliphatic rings. The number of carbonyl (C=O) groups is 1. The second-order valence-corrected chi connectivity index (χ2v) is 3.62. The van der Waals surface area contributed by atoms with E-state index >= 15 is 0 Å². The molecule has 0 heterocycles. The number of aliphatic imine (C=N–C) groups is 1. The molecule has 0 aliphatic carbocycles. The van der Waals surface area contributed by atoms with E-state index in [1.807, 2.05) is 0 Å². The van der Waals surface area contributed by atoms with Gasteiger partial charge in [-0.1, -0.05) is 0 Å². The lowest BCUT2D eigenvalue weighted by molar-refractivity contribution is -0.137. The average Bonchev–Trinajstić information content (AvgIpc) is 2.17. The van der Waals surface area contributed by atoms with Crippen molar-refractivity contribution in [1.82, 2.24) is 0 Å². The maximum atomic E-state index is 12.2. The summed E-state index contributed by atoms with van der Waals surface area (Å²) in [6.45, 7) is 0. The second-order valence-electron chi connectivity index (χ2n) is 2.59. The number of hydrogen-bond donors (Lipinski definition) is 0. The Hall–Kier alpha value is -1.59. The summed E-state index contributed by atoms with van der Waals surface area (Å²) in [5.41, 5.74) is -0.803. The average molecular weight is 247 g/mol. The minimum absolute atomic E-state index is 0.275. The van der Waals surface area contributed by atoms with Gasteiger partial charge in [0.15, 0.2) is 0 Å². The van der Waals surface area contributed by atoms with Crippen LogP contribution < -0.4 is 0 Å². The molecule has 3 nitrogen and oxygen atoms in total. The molecule has 0 radical (unpaired) electrons. The van der Waals surface area contributed by atoms with Gasteiger partial charge in [0.1, 0.15) is 0 Å². The molecule has 0 bridgehead atoms.